The summed E-state index contributed by atoms with van der Waals surface area (Å²) in [4.78, 5) is -0.0535. The van der Waals surface area contributed by atoms with E-state index in [0.717, 1.165) is 12.8 Å². The lowest BCUT2D eigenvalue weighted by molar-refractivity contribution is 0.608. The molecule has 0 amide bonds. The Balaban J connectivity index is 2.23. The van der Waals surface area contributed by atoms with Gasteiger partial charge in [-0.25, -0.2) is 13.1 Å². The molecule has 100 valence electrons. The Hall–Kier alpha value is -1.04. The van der Waals surface area contributed by atoms with Crippen molar-refractivity contribution in [2.24, 2.45) is 0 Å². The van der Waals surface area contributed by atoms with Crippen LogP contribution in [0.2, 0.25) is 5.15 Å². The van der Waals surface area contributed by atoms with E-state index in [-0.39, 0.29) is 16.0 Å². The van der Waals surface area contributed by atoms with Crippen LogP contribution in [0, 0.1) is 0 Å². The molecule has 1 aromatic carbocycles. The van der Waals surface area contributed by atoms with Crippen molar-refractivity contribution < 1.29 is 8.42 Å². The van der Waals surface area contributed by atoms with Crippen LogP contribution in [0.15, 0.2) is 35.2 Å². The molecule has 0 spiro atoms. The summed E-state index contributed by atoms with van der Waals surface area (Å²) < 4.78 is 24.8. The van der Waals surface area contributed by atoms with E-state index in [1.807, 2.05) is 18.2 Å². The molecule has 1 aromatic heterocycles. The third-order valence-electron chi connectivity index (χ3n) is 3.02. The summed E-state index contributed by atoms with van der Waals surface area (Å²) in [6.07, 6.45) is 1.84. The molecule has 1 saturated carbocycles. The molecule has 0 bridgehead atoms. The number of rotatable bonds is 3. The van der Waals surface area contributed by atoms with E-state index in [1.165, 1.54) is 4.68 Å². The molecule has 0 saturated heterocycles. The Morgan fingerprint density at radius 1 is 1.21 bits per heavy atom. The molecule has 1 fully saturated rings. The molecule has 0 N–H and O–H groups in total. The highest BCUT2D eigenvalue weighted by Gasteiger charge is 2.36. The van der Waals surface area contributed by atoms with Crippen molar-refractivity contribution in [2.45, 2.75) is 23.7 Å². The number of halogens is 2. The number of aromatic nitrogens is 2. The van der Waals surface area contributed by atoms with E-state index in [1.54, 1.807) is 12.1 Å². The SMILES string of the molecule is O=S(=O)(Cl)c1c(C2CC2)nn(-c2ccccc2)c1Cl. The second-order valence-electron chi connectivity index (χ2n) is 4.46. The van der Waals surface area contributed by atoms with Gasteiger partial charge in [-0.1, -0.05) is 29.8 Å². The molecular weight excluding hydrogens is 307 g/mol. The minimum Gasteiger partial charge on any atom is -0.220 e. The Labute approximate surface area is 120 Å². The van der Waals surface area contributed by atoms with Crippen LogP contribution in [0.25, 0.3) is 5.69 Å². The second kappa shape index (κ2) is 4.51. The minimum absolute atomic E-state index is 0.0445. The summed E-state index contributed by atoms with van der Waals surface area (Å²) in [5, 5.41) is 4.37. The highest BCUT2D eigenvalue weighted by molar-refractivity contribution is 8.13. The quantitative estimate of drug-likeness (QED) is 0.816. The van der Waals surface area contributed by atoms with E-state index in [0.29, 0.717) is 11.4 Å². The van der Waals surface area contributed by atoms with Gasteiger partial charge < -0.3 is 0 Å². The maximum Gasteiger partial charge on any atom is 0.266 e. The Kier molecular flexibility index (Phi) is 3.08. The minimum atomic E-state index is -3.90. The van der Waals surface area contributed by atoms with Gasteiger partial charge in [0, 0.05) is 16.6 Å². The fraction of sp³-hybridized carbons (Fsp3) is 0.250. The molecule has 0 aliphatic heterocycles. The predicted octanol–water partition coefficient (Wildman–Crippen LogP) is 3.33. The average molecular weight is 317 g/mol. The second-order valence-corrected chi connectivity index (χ2v) is 7.33. The predicted molar refractivity (Wildman–Crippen MR) is 73.6 cm³/mol. The normalized spacial score (nSPS) is 15.7. The van der Waals surface area contributed by atoms with Gasteiger partial charge in [-0.3, -0.25) is 0 Å². The van der Waals surface area contributed by atoms with Crippen molar-refractivity contribution in [1.29, 1.82) is 0 Å². The largest absolute Gasteiger partial charge is 0.266 e. The van der Waals surface area contributed by atoms with Crippen molar-refractivity contribution in [3.8, 4) is 5.69 Å². The Morgan fingerprint density at radius 3 is 2.37 bits per heavy atom. The third-order valence-corrected chi connectivity index (χ3v) is 4.84. The van der Waals surface area contributed by atoms with E-state index < -0.39 is 9.05 Å². The van der Waals surface area contributed by atoms with E-state index in [2.05, 4.69) is 5.10 Å². The summed E-state index contributed by atoms with van der Waals surface area (Å²) in [7, 11) is 1.58. The standard InChI is InChI=1S/C12H10Cl2N2O2S/c13-12-11(19(14,17)18)10(8-6-7-8)15-16(12)9-4-2-1-3-5-9/h1-5,8H,6-7H2. The van der Waals surface area contributed by atoms with Gasteiger partial charge in [-0.05, 0) is 25.0 Å². The van der Waals surface area contributed by atoms with Crippen LogP contribution in [0.1, 0.15) is 24.5 Å². The molecule has 7 heteroatoms. The summed E-state index contributed by atoms with van der Waals surface area (Å²) in [5.74, 6) is 0.144. The summed E-state index contributed by atoms with van der Waals surface area (Å²) in [5.41, 5.74) is 1.19. The smallest absolute Gasteiger partial charge is 0.220 e. The zero-order chi connectivity index (χ0) is 13.6. The maximum atomic E-state index is 11.7. The number of para-hydroxylation sites is 1. The first-order chi connectivity index (χ1) is 8.98. The molecule has 2 aromatic rings. The first-order valence-electron chi connectivity index (χ1n) is 5.77. The zero-order valence-electron chi connectivity index (χ0n) is 9.75. The molecule has 0 radical (unpaired) electrons. The Bertz CT molecular complexity index is 722. The third kappa shape index (κ3) is 2.38. The molecule has 1 aliphatic rings. The van der Waals surface area contributed by atoms with Gasteiger partial charge in [0.25, 0.3) is 9.05 Å². The maximum absolute atomic E-state index is 11.7. The van der Waals surface area contributed by atoms with E-state index >= 15 is 0 Å². The molecule has 1 heterocycles. The van der Waals surface area contributed by atoms with Gasteiger partial charge in [0.05, 0.1) is 11.4 Å². The lowest BCUT2D eigenvalue weighted by Crippen LogP contribution is -1.96. The highest BCUT2D eigenvalue weighted by Crippen LogP contribution is 2.45. The number of hydrogen-bond acceptors (Lipinski definition) is 3. The van der Waals surface area contributed by atoms with Crippen molar-refractivity contribution in [1.82, 2.24) is 9.78 Å². The highest BCUT2D eigenvalue weighted by atomic mass is 35.7. The van der Waals surface area contributed by atoms with Crippen LogP contribution < -0.4 is 0 Å². The van der Waals surface area contributed by atoms with Crippen LogP contribution in [-0.2, 0) is 9.05 Å². The Morgan fingerprint density at radius 2 is 1.84 bits per heavy atom. The topological polar surface area (TPSA) is 52.0 Å². The molecule has 0 atom stereocenters. The molecule has 19 heavy (non-hydrogen) atoms. The van der Waals surface area contributed by atoms with Gasteiger partial charge in [0.2, 0.25) is 0 Å². The van der Waals surface area contributed by atoms with Crippen LogP contribution in [0.4, 0.5) is 0 Å². The average Bonchev–Trinajstić information content (AvgIpc) is 3.13. The van der Waals surface area contributed by atoms with Crippen molar-refractivity contribution in [2.75, 3.05) is 0 Å². The molecular formula is C12H10Cl2N2O2S. The molecule has 4 nitrogen and oxygen atoms in total. The summed E-state index contributed by atoms with van der Waals surface area (Å²) in [6, 6.07) is 9.14. The van der Waals surface area contributed by atoms with Crippen LogP contribution in [0.3, 0.4) is 0 Å². The van der Waals surface area contributed by atoms with Crippen molar-refractivity contribution in [3.05, 3.63) is 41.2 Å². The lowest BCUT2D eigenvalue weighted by Gasteiger charge is -2.01. The van der Waals surface area contributed by atoms with Gasteiger partial charge >= 0.3 is 0 Å². The monoisotopic (exact) mass is 316 g/mol. The summed E-state index contributed by atoms with van der Waals surface area (Å²) >= 11 is 6.16. The van der Waals surface area contributed by atoms with Crippen molar-refractivity contribution in [3.63, 3.8) is 0 Å². The molecule has 0 unspecified atom stereocenters. The number of nitrogens with zero attached hydrogens (tertiary/aromatic N) is 2. The molecule has 3 rings (SSSR count). The van der Waals surface area contributed by atoms with Crippen LogP contribution >= 0.6 is 22.3 Å². The van der Waals surface area contributed by atoms with Gasteiger partial charge in [0.15, 0.2) is 5.15 Å². The fourth-order valence-electron chi connectivity index (χ4n) is 1.99. The van der Waals surface area contributed by atoms with Gasteiger partial charge in [-0.15, -0.1) is 0 Å². The first kappa shape index (κ1) is 13.0. The van der Waals surface area contributed by atoms with E-state index in [9.17, 15) is 8.42 Å². The van der Waals surface area contributed by atoms with Gasteiger partial charge in [0.1, 0.15) is 4.90 Å². The van der Waals surface area contributed by atoms with Crippen LogP contribution in [0.5, 0.6) is 0 Å². The van der Waals surface area contributed by atoms with E-state index in [4.69, 9.17) is 22.3 Å². The number of hydrogen-bond donors (Lipinski definition) is 0. The molecule has 1 aliphatic carbocycles. The van der Waals surface area contributed by atoms with Gasteiger partial charge in [-0.2, -0.15) is 5.10 Å². The fourth-order valence-corrected chi connectivity index (χ4v) is 3.85. The summed E-state index contributed by atoms with van der Waals surface area (Å²) in [6.45, 7) is 0. The van der Waals surface area contributed by atoms with Crippen molar-refractivity contribution >= 4 is 31.3 Å². The zero-order valence-corrected chi connectivity index (χ0v) is 12.1. The lowest BCUT2D eigenvalue weighted by atomic mass is 10.3. The number of benzene rings is 1. The first-order valence-corrected chi connectivity index (χ1v) is 8.45. The van der Waals surface area contributed by atoms with Crippen LogP contribution in [-0.4, -0.2) is 18.2 Å².